The molecule has 0 radical (unpaired) electrons. The maximum atomic E-state index is 12.0. The highest BCUT2D eigenvalue weighted by molar-refractivity contribution is 5.89. The molecule has 0 bridgehead atoms. The molecule has 2 N–H and O–H groups in total. The number of urea groups is 1. The average molecular weight is 310 g/mol. The van der Waals surface area contributed by atoms with Crippen molar-refractivity contribution < 1.29 is 18.3 Å². The van der Waals surface area contributed by atoms with Gasteiger partial charge in [-0.25, -0.2) is 4.79 Å². The summed E-state index contributed by atoms with van der Waals surface area (Å²) in [4.78, 5) is 11.9. The Bertz CT molecular complexity index is 628. The summed E-state index contributed by atoms with van der Waals surface area (Å²) in [5, 5.41) is 9.39. The fourth-order valence-corrected chi connectivity index (χ4v) is 1.83. The molecule has 1 heterocycles. The van der Waals surface area contributed by atoms with Gasteiger partial charge >= 0.3 is 12.6 Å². The van der Waals surface area contributed by atoms with Crippen molar-refractivity contribution in [2.75, 3.05) is 5.32 Å². The van der Waals surface area contributed by atoms with Crippen LogP contribution in [0.2, 0.25) is 0 Å². The van der Waals surface area contributed by atoms with Crippen LogP contribution in [0.25, 0.3) is 0 Å². The predicted molar refractivity (Wildman–Crippen MR) is 76.9 cm³/mol. The smallest absolute Gasteiger partial charge is 0.387 e. The number of hydrogen-bond donors (Lipinski definition) is 2. The summed E-state index contributed by atoms with van der Waals surface area (Å²) in [7, 11) is 1.79. The van der Waals surface area contributed by atoms with E-state index in [0.717, 1.165) is 5.56 Å². The van der Waals surface area contributed by atoms with Crippen LogP contribution in [0.4, 0.5) is 19.3 Å². The van der Waals surface area contributed by atoms with E-state index in [9.17, 15) is 13.6 Å². The maximum absolute atomic E-state index is 12.0. The van der Waals surface area contributed by atoms with Gasteiger partial charge in [-0.1, -0.05) is 0 Å². The lowest BCUT2D eigenvalue weighted by Gasteiger charge is -2.13. The zero-order valence-electron chi connectivity index (χ0n) is 12.1. The van der Waals surface area contributed by atoms with Gasteiger partial charge < -0.3 is 15.4 Å². The van der Waals surface area contributed by atoms with Crippen LogP contribution < -0.4 is 15.4 Å². The molecule has 1 atom stereocenters. The van der Waals surface area contributed by atoms with Gasteiger partial charge in [0.05, 0.1) is 12.2 Å². The van der Waals surface area contributed by atoms with Crippen molar-refractivity contribution in [3.8, 4) is 5.75 Å². The van der Waals surface area contributed by atoms with Crippen molar-refractivity contribution in [2.45, 2.75) is 19.6 Å². The monoisotopic (exact) mass is 310 g/mol. The summed E-state index contributed by atoms with van der Waals surface area (Å²) in [5.41, 5.74) is 1.34. The summed E-state index contributed by atoms with van der Waals surface area (Å²) >= 11 is 0. The molecule has 2 amide bonds. The van der Waals surface area contributed by atoms with Crippen LogP contribution in [0.3, 0.4) is 0 Å². The highest BCUT2D eigenvalue weighted by Gasteiger charge is 2.11. The van der Waals surface area contributed by atoms with E-state index >= 15 is 0 Å². The number of amides is 2. The van der Waals surface area contributed by atoms with Gasteiger partial charge in [0, 0.05) is 24.5 Å². The zero-order chi connectivity index (χ0) is 16.1. The number of halogens is 2. The largest absolute Gasteiger partial charge is 0.435 e. The molecule has 0 aliphatic carbocycles. The van der Waals surface area contributed by atoms with E-state index in [1.165, 1.54) is 24.3 Å². The van der Waals surface area contributed by atoms with E-state index in [1.54, 1.807) is 24.1 Å². The van der Waals surface area contributed by atoms with E-state index in [0.29, 0.717) is 5.69 Å². The molecule has 8 heteroatoms. The first-order valence-corrected chi connectivity index (χ1v) is 6.55. The molecule has 0 aliphatic rings. The van der Waals surface area contributed by atoms with E-state index in [2.05, 4.69) is 20.5 Å². The molecule has 1 aromatic heterocycles. The maximum Gasteiger partial charge on any atom is 0.387 e. The molecule has 2 aromatic rings. The molecule has 118 valence electrons. The minimum absolute atomic E-state index is 0.0321. The summed E-state index contributed by atoms with van der Waals surface area (Å²) in [6.45, 7) is -1.04. The second-order valence-corrected chi connectivity index (χ2v) is 4.67. The number of aromatic nitrogens is 2. The molecule has 22 heavy (non-hydrogen) atoms. The number of ether oxygens (including phenoxy) is 1. The number of nitrogens with zero attached hydrogens (tertiary/aromatic N) is 2. The van der Waals surface area contributed by atoms with Crippen LogP contribution in [-0.2, 0) is 7.05 Å². The van der Waals surface area contributed by atoms with Crippen molar-refractivity contribution in [1.29, 1.82) is 0 Å². The Morgan fingerprint density at radius 1 is 1.32 bits per heavy atom. The number of carbonyl (C=O) groups excluding carboxylic acids is 1. The number of benzene rings is 1. The van der Waals surface area contributed by atoms with Crippen LogP contribution in [0, 0.1) is 0 Å². The van der Waals surface area contributed by atoms with Crippen molar-refractivity contribution in [2.24, 2.45) is 7.05 Å². The molecule has 0 fully saturated rings. The lowest BCUT2D eigenvalue weighted by Crippen LogP contribution is -2.31. The molecular weight excluding hydrogens is 294 g/mol. The summed E-state index contributed by atoms with van der Waals surface area (Å²) in [6.07, 6.45) is 3.48. The third-order valence-electron chi connectivity index (χ3n) is 2.91. The number of rotatable bonds is 5. The van der Waals surface area contributed by atoms with E-state index in [4.69, 9.17) is 0 Å². The molecule has 0 unspecified atom stereocenters. The topological polar surface area (TPSA) is 68.2 Å². The quantitative estimate of drug-likeness (QED) is 0.892. The van der Waals surface area contributed by atoms with Gasteiger partial charge in [0.25, 0.3) is 0 Å². The Kier molecular flexibility index (Phi) is 4.92. The number of carbonyl (C=O) groups is 1. The number of alkyl halides is 2. The van der Waals surface area contributed by atoms with E-state index in [1.807, 2.05) is 6.92 Å². The van der Waals surface area contributed by atoms with Crippen LogP contribution in [0.5, 0.6) is 5.75 Å². The van der Waals surface area contributed by atoms with E-state index < -0.39 is 12.6 Å². The third-order valence-corrected chi connectivity index (χ3v) is 2.91. The zero-order valence-corrected chi connectivity index (χ0v) is 12.1. The summed E-state index contributed by atoms with van der Waals surface area (Å²) < 4.78 is 29.9. The Balaban J connectivity index is 1.88. The first kappa shape index (κ1) is 15.7. The minimum atomic E-state index is -2.87. The second-order valence-electron chi connectivity index (χ2n) is 4.67. The molecule has 0 saturated heterocycles. The Hall–Kier alpha value is -2.64. The molecule has 0 aliphatic heterocycles. The van der Waals surface area contributed by atoms with Gasteiger partial charge in [-0.2, -0.15) is 13.9 Å². The van der Waals surface area contributed by atoms with Crippen molar-refractivity contribution >= 4 is 11.7 Å². The Labute approximate surface area is 126 Å². The number of hydrogen-bond acceptors (Lipinski definition) is 3. The van der Waals surface area contributed by atoms with Gasteiger partial charge in [-0.05, 0) is 31.2 Å². The van der Waals surface area contributed by atoms with Gasteiger partial charge in [-0.3, -0.25) is 4.68 Å². The number of anilines is 1. The number of nitrogens with one attached hydrogen (secondary N) is 2. The normalized spacial score (nSPS) is 12.0. The first-order valence-electron chi connectivity index (χ1n) is 6.55. The fourth-order valence-electron chi connectivity index (χ4n) is 1.83. The highest BCUT2D eigenvalue weighted by atomic mass is 19.3. The van der Waals surface area contributed by atoms with Crippen LogP contribution in [0.1, 0.15) is 18.5 Å². The van der Waals surface area contributed by atoms with Crippen LogP contribution >= 0.6 is 0 Å². The standard InChI is InChI=1S/C14H16F2N4O2/c1-9(10-7-17-20(2)8-10)18-14(21)19-11-3-5-12(6-4-11)22-13(15)16/h3-9,13H,1-2H3,(H2,18,19,21)/t9-/m1/s1. The van der Waals surface area contributed by atoms with Crippen LogP contribution in [-0.4, -0.2) is 22.4 Å². The molecular formula is C14H16F2N4O2. The van der Waals surface area contributed by atoms with Gasteiger partial charge in [0.1, 0.15) is 5.75 Å². The molecule has 0 spiro atoms. The van der Waals surface area contributed by atoms with Crippen molar-refractivity contribution in [3.63, 3.8) is 0 Å². The fraction of sp³-hybridized carbons (Fsp3) is 0.286. The third kappa shape index (κ3) is 4.44. The van der Waals surface area contributed by atoms with Crippen LogP contribution in [0.15, 0.2) is 36.7 Å². The van der Waals surface area contributed by atoms with Crippen molar-refractivity contribution in [1.82, 2.24) is 15.1 Å². The highest BCUT2D eigenvalue weighted by Crippen LogP contribution is 2.18. The Morgan fingerprint density at radius 2 is 2.00 bits per heavy atom. The lowest BCUT2D eigenvalue weighted by molar-refractivity contribution is -0.0498. The Morgan fingerprint density at radius 3 is 2.55 bits per heavy atom. The summed E-state index contributed by atoms with van der Waals surface area (Å²) in [6, 6.07) is 5.05. The molecule has 2 rings (SSSR count). The summed E-state index contributed by atoms with van der Waals surface area (Å²) in [5.74, 6) is 0.0321. The molecule has 0 saturated carbocycles. The SMILES string of the molecule is C[C@@H](NC(=O)Nc1ccc(OC(F)F)cc1)c1cnn(C)c1. The second kappa shape index (κ2) is 6.88. The predicted octanol–water partition coefficient (Wildman–Crippen LogP) is 2.90. The minimum Gasteiger partial charge on any atom is -0.435 e. The lowest BCUT2D eigenvalue weighted by atomic mass is 10.2. The first-order chi connectivity index (χ1) is 10.4. The van der Waals surface area contributed by atoms with Crippen molar-refractivity contribution in [3.05, 3.63) is 42.2 Å². The average Bonchev–Trinajstić information content (AvgIpc) is 2.87. The van der Waals surface area contributed by atoms with E-state index in [-0.39, 0.29) is 11.8 Å². The molecule has 1 aromatic carbocycles. The number of aryl methyl sites for hydroxylation is 1. The molecule has 6 nitrogen and oxygen atoms in total. The van der Waals surface area contributed by atoms with Gasteiger partial charge in [0.15, 0.2) is 0 Å². The van der Waals surface area contributed by atoms with Gasteiger partial charge in [0.2, 0.25) is 0 Å². The van der Waals surface area contributed by atoms with Gasteiger partial charge in [-0.15, -0.1) is 0 Å².